The van der Waals surface area contributed by atoms with Gasteiger partial charge in [-0.1, -0.05) is 0 Å². The van der Waals surface area contributed by atoms with E-state index in [-0.39, 0.29) is 11.3 Å². The molecule has 7 heteroatoms. The molecule has 0 saturated carbocycles. The molecule has 0 aromatic heterocycles. The van der Waals surface area contributed by atoms with E-state index in [1.54, 1.807) is 0 Å². The van der Waals surface area contributed by atoms with Gasteiger partial charge in [-0.05, 0) is 36.4 Å². The minimum absolute atomic E-state index is 0.00586. The number of hydrogen-bond acceptors (Lipinski definition) is 4. The van der Waals surface area contributed by atoms with E-state index in [1.165, 1.54) is 42.3 Å². The number of nitrogens with zero attached hydrogens (tertiary/aromatic N) is 2. The van der Waals surface area contributed by atoms with Crippen molar-refractivity contribution in [1.29, 1.82) is 0 Å². The first-order valence-electron chi connectivity index (χ1n) is 5.91. The van der Waals surface area contributed by atoms with Crippen molar-refractivity contribution >= 4 is 17.3 Å². The summed E-state index contributed by atoms with van der Waals surface area (Å²) in [6.45, 7) is 0. The Kier molecular flexibility index (Phi) is 3.84. The summed E-state index contributed by atoms with van der Waals surface area (Å²) in [5.41, 5.74) is -0.191. The van der Waals surface area contributed by atoms with Crippen LogP contribution >= 0.6 is 0 Å². The van der Waals surface area contributed by atoms with Crippen molar-refractivity contribution in [2.24, 2.45) is 0 Å². The summed E-state index contributed by atoms with van der Waals surface area (Å²) >= 11 is 0. The number of nitro benzene ring substituents is 1. The Hall–Kier alpha value is -2.96. The van der Waals surface area contributed by atoms with E-state index in [4.69, 9.17) is 0 Å². The number of aromatic hydroxyl groups is 1. The van der Waals surface area contributed by atoms with Crippen molar-refractivity contribution in [2.45, 2.75) is 0 Å². The van der Waals surface area contributed by atoms with Gasteiger partial charge in [0.2, 0.25) is 5.82 Å². The smallest absolute Gasteiger partial charge is 0.304 e. The lowest BCUT2D eigenvalue weighted by Gasteiger charge is -2.17. The molecule has 0 radical (unpaired) electrons. The molecule has 0 aliphatic rings. The summed E-state index contributed by atoms with van der Waals surface area (Å²) in [6, 6.07) is 8.85. The van der Waals surface area contributed by atoms with Crippen molar-refractivity contribution in [3.8, 4) is 5.75 Å². The van der Waals surface area contributed by atoms with Gasteiger partial charge in [0.15, 0.2) is 0 Å². The third-order valence-electron chi connectivity index (χ3n) is 2.93. The second kappa shape index (κ2) is 5.58. The summed E-state index contributed by atoms with van der Waals surface area (Å²) in [5.74, 6) is -1.53. The molecule has 2 aromatic rings. The van der Waals surface area contributed by atoms with Gasteiger partial charge in [0.1, 0.15) is 5.75 Å². The lowest BCUT2D eigenvalue weighted by atomic mass is 10.1. The zero-order chi connectivity index (χ0) is 15.6. The minimum atomic E-state index is -1.06. The highest BCUT2D eigenvalue weighted by Gasteiger charge is 2.19. The monoisotopic (exact) mass is 290 g/mol. The van der Waals surface area contributed by atoms with Crippen LogP contribution in [0.3, 0.4) is 0 Å². The lowest BCUT2D eigenvalue weighted by molar-refractivity contribution is -0.387. The highest BCUT2D eigenvalue weighted by molar-refractivity contribution is 6.05. The molecule has 0 bridgehead atoms. The topological polar surface area (TPSA) is 83.7 Å². The summed E-state index contributed by atoms with van der Waals surface area (Å²) in [6.07, 6.45) is 0. The van der Waals surface area contributed by atoms with Crippen LogP contribution in [0.2, 0.25) is 0 Å². The van der Waals surface area contributed by atoms with Gasteiger partial charge in [-0.2, -0.15) is 4.39 Å². The van der Waals surface area contributed by atoms with Gasteiger partial charge in [0.05, 0.1) is 4.92 Å². The fraction of sp³-hybridized carbons (Fsp3) is 0.0714. The van der Waals surface area contributed by atoms with Crippen LogP contribution in [0.1, 0.15) is 10.4 Å². The number of anilines is 1. The van der Waals surface area contributed by atoms with Crippen LogP contribution in [0.25, 0.3) is 0 Å². The predicted molar refractivity (Wildman–Crippen MR) is 73.9 cm³/mol. The Morgan fingerprint density at radius 3 is 2.38 bits per heavy atom. The quantitative estimate of drug-likeness (QED) is 0.695. The average molecular weight is 290 g/mol. The third-order valence-corrected chi connectivity index (χ3v) is 2.93. The zero-order valence-electron chi connectivity index (χ0n) is 11.0. The Bertz CT molecular complexity index is 701. The fourth-order valence-electron chi connectivity index (χ4n) is 1.78. The van der Waals surface area contributed by atoms with Crippen LogP contribution in [-0.2, 0) is 0 Å². The zero-order valence-corrected chi connectivity index (χ0v) is 11.0. The van der Waals surface area contributed by atoms with Crippen molar-refractivity contribution in [1.82, 2.24) is 0 Å². The molecule has 21 heavy (non-hydrogen) atoms. The summed E-state index contributed by atoms with van der Waals surface area (Å²) in [7, 11) is 1.48. The molecular weight excluding hydrogens is 279 g/mol. The third kappa shape index (κ3) is 2.97. The molecule has 0 atom stereocenters. The van der Waals surface area contributed by atoms with Gasteiger partial charge >= 0.3 is 5.69 Å². The maximum atomic E-state index is 13.5. The maximum absolute atomic E-state index is 13.5. The van der Waals surface area contributed by atoms with Gasteiger partial charge in [-0.15, -0.1) is 0 Å². The Morgan fingerprint density at radius 1 is 1.24 bits per heavy atom. The van der Waals surface area contributed by atoms with Gasteiger partial charge in [0.25, 0.3) is 5.91 Å². The van der Waals surface area contributed by atoms with Gasteiger partial charge in [-0.25, -0.2) is 0 Å². The highest BCUT2D eigenvalue weighted by Crippen LogP contribution is 2.22. The molecule has 1 amide bonds. The van der Waals surface area contributed by atoms with E-state index in [0.717, 1.165) is 12.1 Å². The molecule has 6 nitrogen and oxygen atoms in total. The van der Waals surface area contributed by atoms with E-state index in [1.807, 2.05) is 0 Å². The van der Waals surface area contributed by atoms with Crippen molar-refractivity contribution < 1.29 is 19.2 Å². The molecule has 0 heterocycles. The number of nitro groups is 1. The van der Waals surface area contributed by atoms with Crippen molar-refractivity contribution in [2.75, 3.05) is 11.9 Å². The Labute approximate surface area is 119 Å². The highest BCUT2D eigenvalue weighted by atomic mass is 19.1. The normalized spacial score (nSPS) is 10.2. The largest absolute Gasteiger partial charge is 0.508 e. The molecule has 0 saturated heterocycles. The van der Waals surface area contributed by atoms with E-state index in [0.29, 0.717) is 5.69 Å². The maximum Gasteiger partial charge on any atom is 0.304 e. The lowest BCUT2D eigenvalue weighted by Crippen LogP contribution is -2.26. The van der Waals surface area contributed by atoms with Crippen molar-refractivity contribution in [3.63, 3.8) is 0 Å². The van der Waals surface area contributed by atoms with E-state index in [9.17, 15) is 24.4 Å². The second-order valence-corrected chi connectivity index (χ2v) is 4.30. The molecule has 0 spiro atoms. The Balaban J connectivity index is 2.29. The molecule has 2 aromatic carbocycles. The molecule has 1 N–H and O–H groups in total. The first-order valence-corrected chi connectivity index (χ1v) is 5.91. The minimum Gasteiger partial charge on any atom is -0.508 e. The van der Waals surface area contributed by atoms with Gasteiger partial charge in [-0.3, -0.25) is 14.9 Å². The standard InChI is InChI=1S/C14H11FN2O4/c1-16(10-3-5-11(18)6-4-10)14(19)9-2-7-13(17(20)21)12(15)8-9/h2-8,18H,1H3. The Morgan fingerprint density at radius 2 is 1.86 bits per heavy atom. The summed E-state index contributed by atoms with van der Waals surface area (Å²) in [4.78, 5) is 23.1. The molecule has 2 rings (SSSR count). The van der Waals surface area contributed by atoms with Crippen LogP contribution in [0, 0.1) is 15.9 Å². The van der Waals surface area contributed by atoms with Crippen LogP contribution in [0.4, 0.5) is 15.8 Å². The summed E-state index contributed by atoms with van der Waals surface area (Å²) in [5, 5.41) is 19.7. The number of phenolic OH excluding ortho intramolecular Hbond substituents is 1. The van der Waals surface area contributed by atoms with Gasteiger partial charge in [0, 0.05) is 24.4 Å². The summed E-state index contributed by atoms with van der Waals surface area (Å²) < 4.78 is 13.5. The van der Waals surface area contributed by atoms with Crippen molar-refractivity contribution in [3.05, 3.63) is 64.0 Å². The molecule has 0 unspecified atom stereocenters. The van der Waals surface area contributed by atoms with E-state index < -0.39 is 22.3 Å². The number of halogens is 1. The van der Waals surface area contributed by atoms with Gasteiger partial charge < -0.3 is 10.0 Å². The second-order valence-electron chi connectivity index (χ2n) is 4.30. The number of carbonyl (C=O) groups is 1. The molecule has 0 aliphatic heterocycles. The molecular formula is C14H11FN2O4. The number of hydrogen-bond donors (Lipinski definition) is 1. The fourth-order valence-corrected chi connectivity index (χ4v) is 1.78. The first kappa shape index (κ1) is 14.4. The number of carbonyl (C=O) groups excluding carboxylic acids is 1. The predicted octanol–water partition coefficient (Wildman–Crippen LogP) is 2.72. The van der Waals surface area contributed by atoms with Crippen LogP contribution in [-0.4, -0.2) is 23.0 Å². The van der Waals surface area contributed by atoms with Crippen LogP contribution in [0.5, 0.6) is 5.75 Å². The van der Waals surface area contributed by atoms with Crippen LogP contribution in [0.15, 0.2) is 42.5 Å². The first-order chi connectivity index (χ1) is 9.90. The number of amides is 1. The molecule has 0 aliphatic carbocycles. The molecule has 0 fully saturated rings. The number of benzene rings is 2. The average Bonchev–Trinajstić information content (AvgIpc) is 2.46. The van der Waals surface area contributed by atoms with E-state index >= 15 is 0 Å². The number of phenols is 1. The molecule has 108 valence electrons. The van der Waals surface area contributed by atoms with E-state index in [2.05, 4.69) is 0 Å². The SMILES string of the molecule is CN(C(=O)c1ccc([N+](=O)[O-])c(F)c1)c1ccc(O)cc1. The number of rotatable bonds is 3. The van der Waals surface area contributed by atoms with Crippen LogP contribution < -0.4 is 4.90 Å².